The average Bonchev–Trinajstić information content (AvgIpc) is 2.93. The van der Waals surface area contributed by atoms with E-state index in [-0.39, 0.29) is 0 Å². The number of ether oxygens (including phenoxy) is 1. The molecule has 1 nitrogen and oxygen atoms in total. The van der Waals surface area contributed by atoms with Gasteiger partial charge in [-0.1, -0.05) is 60.7 Å². The van der Waals surface area contributed by atoms with E-state index in [2.05, 4.69) is 66.7 Å². The molecule has 0 aliphatic heterocycles. The summed E-state index contributed by atoms with van der Waals surface area (Å²) in [6.45, 7) is 0.651. The van der Waals surface area contributed by atoms with Gasteiger partial charge in [0, 0.05) is 7.11 Å². The number of methoxy groups -OCH3 is 1. The highest BCUT2D eigenvalue weighted by Gasteiger charge is 2.19. The monoisotopic (exact) mass is 272 g/mol. The van der Waals surface area contributed by atoms with E-state index in [0.717, 1.165) is 0 Å². The van der Waals surface area contributed by atoms with Crippen molar-refractivity contribution < 1.29 is 4.74 Å². The zero-order chi connectivity index (χ0) is 14.2. The van der Waals surface area contributed by atoms with Crippen molar-refractivity contribution in [2.24, 2.45) is 0 Å². The van der Waals surface area contributed by atoms with Crippen molar-refractivity contribution in [1.29, 1.82) is 0 Å². The molecule has 4 rings (SSSR count). The minimum absolute atomic E-state index is 0.651. The number of rotatable bonds is 3. The third kappa shape index (κ3) is 1.90. The van der Waals surface area contributed by atoms with Crippen LogP contribution in [0.3, 0.4) is 0 Å². The Morgan fingerprint density at radius 3 is 2.52 bits per heavy atom. The highest BCUT2D eigenvalue weighted by molar-refractivity contribution is 6.13. The molecule has 0 aromatic heterocycles. The van der Waals surface area contributed by atoms with Crippen LogP contribution in [0.4, 0.5) is 0 Å². The lowest BCUT2D eigenvalue weighted by Crippen LogP contribution is -1.91. The van der Waals surface area contributed by atoms with Gasteiger partial charge in [-0.15, -0.1) is 0 Å². The van der Waals surface area contributed by atoms with Crippen LogP contribution in [0.15, 0.2) is 60.7 Å². The molecular formula is C20H16O. The van der Waals surface area contributed by atoms with E-state index in [0.29, 0.717) is 6.61 Å². The molecule has 0 saturated carbocycles. The second kappa shape index (κ2) is 4.87. The lowest BCUT2D eigenvalue weighted by Gasteiger charge is -2.08. The topological polar surface area (TPSA) is 9.23 Å². The molecule has 21 heavy (non-hydrogen) atoms. The summed E-state index contributed by atoms with van der Waals surface area (Å²) in [4.78, 5) is 0. The first-order valence-electron chi connectivity index (χ1n) is 7.19. The molecule has 0 spiro atoms. The van der Waals surface area contributed by atoms with Crippen LogP contribution < -0.4 is 0 Å². The fourth-order valence-corrected chi connectivity index (χ4v) is 3.20. The van der Waals surface area contributed by atoms with Crippen molar-refractivity contribution in [1.82, 2.24) is 0 Å². The standard InChI is InChI=1S/C20H16O/c1-21-13-16-11-10-15-8-5-9-17-18(12-19(16)20(15)17)14-6-3-2-4-7-14/h2-12H,13H2,1H3. The second-order valence-electron chi connectivity index (χ2n) is 5.40. The van der Waals surface area contributed by atoms with Gasteiger partial charge in [-0.2, -0.15) is 0 Å². The van der Waals surface area contributed by atoms with Gasteiger partial charge in [0.25, 0.3) is 0 Å². The van der Waals surface area contributed by atoms with Crippen molar-refractivity contribution in [2.45, 2.75) is 6.61 Å². The van der Waals surface area contributed by atoms with Crippen LogP contribution in [0.25, 0.3) is 22.4 Å². The second-order valence-corrected chi connectivity index (χ2v) is 5.40. The summed E-state index contributed by atoms with van der Waals surface area (Å²) in [7, 11) is 1.75. The van der Waals surface area contributed by atoms with Gasteiger partial charge in [0.1, 0.15) is 0 Å². The van der Waals surface area contributed by atoms with Gasteiger partial charge in [0.15, 0.2) is 0 Å². The molecule has 0 heterocycles. The maximum Gasteiger partial charge on any atom is 0.0719 e. The fraction of sp³-hybridized carbons (Fsp3) is 0.100. The first-order valence-corrected chi connectivity index (χ1v) is 7.19. The highest BCUT2D eigenvalue weighted by atomic mass is 16.5. The number of hydrogen-bond acceptors (Lipinski definition) is 1. The predicted octanol–water partition coefficient (Wildman–Crippen LogP) is 4.89. The van der Waals surface area contributed by atoms with Crippen molar-refractivity contribution in [2.75, 3.05) is 7.11 Å². The first-order chi connectivity index (χ1) is 10.4. The Labute approximate surface area is 124 Å². The lowest BCUT2D eigenvalue weighted by molar-refractivity contribution is 0.185. The predicted molar refractivity (Wildman–Crippen MR) is 88.1 cm³/mol. The summed E-state index contributed by atoms with van der Waals surface area (Å²) in [5.74, 6) is 0. The first kappa shape index (κ1) is 12.4. The molecule has 3 aromatic rings. The van der Waals surface area contributed by atoms with Crippen LogP contribution in [-0.4, -0.2) is 7.11 Å². The molecule has 3 aromatic carbocycles. The van der Waals surface area contributed by atoms with E-state index in [9.17, 15) is 0 Å². The van der Waals surface area contributed by atoms with Crippen molar-refractivity contribution in [3.8, 4) is 0 Å². The van der Waals surface area contributed by atoms with E-state index in [1.165, 1.54) is 38.6 Å². The van der Waals surface area contributed by atoms with Crippen LogP contribution in [-0.2, 0) is 11.3 Å². The third-order valence-electron chi connectivity index (χ3n) is 4.14. The molecule has 0 amide bonds. The van der Waals surface area contributed by atoms with Crippen molar-refractivity contribution >= 4 is 22.4 Å². The molecule has 1 aliphatic rings. The minimum Gasteiger partial charge on any atom is -0.380 e. The Balaban J connectivity index is 2.00. The zero-order valence-electron chi connectivity index (χ0n) is 12.0. The maximum atomic E-state index is 5.35. The van der Waals surface area contributed by atoms with Gasteiger partial charge in [-0.25, -0.2) is 0 Å². The molecule has 0 radical (unpaired) electrons. The molecule has 0 fully saturated rings. The molecule has 0 N–H and O–H groups in total. The van der Waals surface area contributed by atoms with Crippen molar-refractivity contribution in [3.05, 3.63) is 82.9 Å². The average molecular weight is 272 g/mol. The van der Waals surface area contributed by atoms with E-state index in [1.807, 2.05) is 0 Å². The molecule has 0 bridgehead atoms. The summed E-state index contributed by atoms with van der Waals surface area (Å²) in [5, 5.41) is 2.65. The van der Waals surface area contributed by atoms with E-state index >= 15 is 0 Å². The molecule has 102 valence electrons. The Kier molecular flexibility index (Phi) is 2.87. The molecule has 0 atom stereocenters. The van der Waals surface area contributed by atoms with Gasteiger partial charge in [0.05, 0.1) is 6.61 Å². The fourth-order valence-electron chi connectivity index (χ4n) is 3.20. The summed E-state index contributed by atoms with van der Waals surface area (Å²) in [5.41, 5.74) is 6.46. The normalized spacial score (nSPS) is 12.7. The van der Waals surface area contributed by atoms with E-state index in [1.54, 1.807) is 7.11 Å². The Bertz CT molecular complexity index is 844. The largest absolute Gasteiger partial charge is 0.380 e. The van der Waals surface area contributed by atoms with Gasteiger partial charge < -0.3 is 4.74 Å². The lowest BCUT2D eigenvalue weighted by atomic mass is 9.97. The van der Waals surface area contributed by atoms with Crippen LogP contribution >= 0.6 is 0 Å². The number of hydrogen-bond donors (Lipinski definition) is 0. The van der Waals surface area contributed by atoms with E-state index < -0.39 is 0 Å². The summed E-state index contributed by atoms with van der Waals surface area (Å²) in [6, 6.07) is 21.5. The van der Waals surface area contributed by atoms with Gasteiger partial charge in [-0.05, 0) is 44.7 Å². The van der Waals surface area contributed by atoms with Gasteiger partial charge >= 0.3 is 0 Å². The summed E-state index contributed by atoms with van der Waals surface area (Å²) < 4.78 is 5.35. The van der Waals surface area contributed by atoms with Gasteiger partial charge in [0.2, 0.25) is 0 Å². The molecule has 0 unspecified atom stereocenters. The molecular weight excluding hydrogens is 256 g/mol. The smallest absolute Gasteiger partial charge is 0.0719 e. The number of benzene rings is 3. The molecule has 1 aliphatic carbocycles. The quantitative estimate of drug-likeness (QED) is 0.516. The zero-order valence-corrected chi connectivity index (χ0v) is 12.0. The van der Waals surface area contributed by atoms with Crippen molar-refractivity contribution in [3.63, 3.8) is 0 Å². The Hall–Kier alpha value is -2.38. The summed E-state index contributed by atoms with van der Waals surface area (Å²) >= 11 is 0. The van der Waals surface area contributed by atoms with Gasteiger partial charge in [-0.3, -0.25) is 0 Å². The third-order valence-corrected chi connectivity index (χ3v) is 4.14. The summed E-state index contributed by atoms with van der Waals surface area (Å²) in [6.07, 6.45) is 2.31. The minimum atomic E-state index is 0.651. The Morgan fingerprint density at radius 1 is 0.857 bits per heavy atom. The van der Waals surface area contributed by atoms with Crippen LogP contribution in [0, 0.1) is 0 Å². The molecule has 1 heteroatoms. The van der Waals surface area contributed by atoms with E-state index in [4.69, 9.17) is 4.74 Å². The SMILES string of the molecule is COCc1ccc2cccc3c2c1C=C3c1ccccc1. The van der Waals surface area contributed by atoms with Crippen LogP contribution in [0.2, 0.25) is 0 Å². The van der Waals surface area contributed by atoms with Crippen LogP contribution in [0.1, 0.15) is 22.3 Å². The maximum absolute atomic E-state index is 5.35. The molecule has 0 saturated heterocycles. The highest BCUT2D eigenvalue weighted by Crippen LogP contribution is 2.41. The Morgan fingerprint density at radius 2 is 1.71 bits per heavy atom. The van der Waals surface area contributed by atoms with Crippen LogP contribution in [0.5, 0.6) is 0 Å².